The maximum atomic E-state index is 12.4. The molecule has 0 bridgehead atoms. The summed E-state index contributed by atoms with van der Waals surface area (Å²) in [6, 6.07) is 13.6. The predicted molar refractivity (Wildman–Crippen MR) is 106 cm³/mol. The lowest BCUT2D eigenvalue weighted by atomic mass is 10.1. The molecule has 1 fully saturated rings. The molecule has 1 amide bonds. The fourth-order valence-electron chi connectivity index (χ4n) is 2.93. The normalized spacial score (nSPS) is 14.1. The van der Waals surface area contributed by atoms with Crippen molar-refractivity contribution in [1.82, 2.24) is 15.3 Å². The molecule has 1 aliphatic heterocycles. The van der Waals surface area contributed by atoms with Crippen LogP contribution in [0.3, 0.4) is 0 Å². The smallest absolute Gasteiger partial charge is 0.251 e. The number of morpholine rings is 1. The lowest BCUT2D eigenvalue weighted by Gasteiger charge is -2.27. The van der Waals surface area contributed by atoms with Gasteiger partial charge in [-0.2, -0.15) is 0 Å². The van der Waals surface area contributed by atoms with Crippen molar-refractivity contribution >= 4 is 23.1 Å². The first kappa shape index (κ1) is 17.6. The van der Waals surface area contributed by atoms with E-state index < -0.39 is 0 Å². The summed E-state index contributed by atoms with van der Waals surface area (Å²) in [7, 11) is 0. The molecule has 3 heterocycles. The quantitative estimate of drug-likeness (QED) is 0.737. The second kappa shape index (κ2) is 8.28. The predicted octanol–water partition coefficient (Wildman–Crippen LogP) is 2.97. The van der Waals surface area contributed by atoms with Crippen LogP contribution in [0.1, 0.15) is 16.2 Å². The van der Waals surface area contributed by atoms with Crippen molar-refractivity contribution in [2.75, 3.05) is 31.2 Å². The molecule has 7 heteroatoms. The molecule has 0 saturated carbocycles. The van der Waals surface area contributed by atoms with E-state index in [1.54, 1.807) is 17.5 Å². The molecule has 1 N–H and O–H groups in total. The van der Waals surface area contributed by atoms with Crippen LogP contribution in [0.15, 0.2) is 54.0 Å². The van der Waals surface area contributed by atoms with Gasteiger partial charge in [-0.15, -0.1) is 11.3 Å². The van der Waals surface area contributed by atoms with Gasteiger partial charge in [-0.1, -0.05) is 18.2 Å². The molecule has 1 aliphatic rings. The van der Waals surface area contributed by atoms with Gasteiger partial charge in [-0.25, -0.2) is 9.97 Å². The summed E-state index contributed by atoms with van der Waals surface area (Å²) in [5.74, 6) is 1.34. The number of carbonyl (C=O) groups is 1. The van der Waals surface area contributed by atoms with Crippen LogP contribution < -0.4 is 10.2 Å². The molecule has 138 valence electrons. The van der Waals surface area contributed by atoms with Gasteiger partial charge >= 0.3 is 0 Å². The molecule has 0 radical (unpaired) electrons. The average Bonchev–Trinajstić information content (AvgIpc) is 3.28. The lowest BCUT2D eigenvalue weighted by Crippen LogP contribution is -2.37. The van der Waals surface area contributed by atoms with E-state index >= 15 is 0 Å². The Morgan fingerprint density at radius 1 is 1.15 bits per heavy atom. The monoisotopic (exact) mass is 380 g/mol. The maximum Gasteiger partial charge on any atom is 0.251 e. The van der Waals surface area contributed by atoms with Crippen molar-refractivity contribution in [3.8, 4) is 10.4 Å². The van der Waals surface area contributed by atoms with Crippen molar-refractivity contribution in [3.05, 3.63) is 65.4 Å². The third-order valence-electron chi connectivity index (χ3n) is 4.39. The minimum atomic E-state index is -0.131. The first-order valence-electron chi connectivity index (χ1n) is 8.86. The highest BCUT2D eigenvalue weighted by molar-refractivity contribution is 7.13. The molecular weight excluding hydrogens is 360 g/mol. The number of hydrogen-bond donors (Lipinski definition) is 1. The Morgan fingerprint density at radius 2 is 1.96 bits per heavy atom. The molecule has 2 aromatic heterocycles. The Balaban J connectivity index is 1.37. The molecule has 3 aromatic rings. The summed E-state index contributed by atoms with van der Waals surface area (Å²) in [6.45, 7) is 3.34. The summed E-state index contributed by atoms with van der Waals surface area (Å²) in [4.78, 5) is 24.6. The Kier molecular flexibility index (Phi) is 5.41. The fourth-order valence-corrected chi connectivity index (χ4v) is 3.67. The first-order chi connectivity index (χ1) is 13.3. The second-order valence-electron chi connectivity index (χ2n) is 6.17. The van der Waals surface area contributed by atoms with Crippen LogP contribution in [0.2, 0.25) is 0 Å². The molecule has 27 heavy (non-hydrogen) atoms. The number of hydrogen-bond acceptors (Lipinski definition) is 6. The van der Waals surface area contributed by atoms with Gasteiger partial charge in [-0.05, 0) is 35.2 Å². The number of amides is 1. The van der Waals surface area contributed by atoms with Crippen LogP contribution in [-0.4, -0.2) is 42.2 Å². The van der Waals surface area contributed by atoms with E-state index in [1.165, 1.54) is 4.88 Å². The number of benzene rings is 1. The van der Waals surface area contributed by atoms with E-state index in [4.69, 9.17) is 4.74 Å². The molecule has 6 nitrogen and oxygen atoms in total. The highest BCUT2D eigenvalue weighted by Crippen LogP contribution is 2.24. The number of thiophene rings is 1. The highest BCUT2D eigenvalue weighted by atomic mass is 32.1. The van der Waals surface area contributed by atoms with E-state index in [2.05, 4.69) is 26.3 Å². The van der Waals surface area contributed by atoms with E-state index in [-0.39, 0.29) is 5.91 Å². The van der Waals surface area contributed by atoms with Crippen LogP contribution in [0, 0.1) is 0 Å². The molecule has 0 aliphatic carbocycles. The number of ether oxygens (including phenoxy) is 1. The van der Waals surface area contributed by atoms with Gasteiger partial charge in [0.1, 0.15) is 11.6 Å². The topological polar surface area (TPSA) is 67.4 Å². The summed E-state index contributed by atoms with van der Waals surface area (Å²) in [6.07, 6.45) is 1.73. The number of nitrogens with one attached hydrogen (secondary N) is 1. The fraction of sp³-hybridized carbons (Fsp3) is 0.250. The second-order valence-corrected chi connectivity index (χ2v) is 7.12. The van der Waals surface area contributed by atoms with Crippen molar-refractivity contribution in [2.24, 2.45) is 0 Å². The van der Waals surface area contributed by atoms with Crippen molar-refractivity contribution in [3.63, 3.8) is 0 Å². The van der Waals surface area contributed by atoms with Gasteiger partial charge in [-0.3, -0.25) is 4.79 Å². The summed E-state index contributed by atoms with van der Waals surface area (Å²) < 4.78 is 5.37. The van der Waals surface area contributed by atoms with Crippen molar-refractivity contribution in [2.45, 2.75) is 6.54 Å². The van der Waals surface area contributed by atoms with E-state index in [0.29, 0.717) is 31.1 Å². The van der Waals surface area contributed by atoms with E-state index in [1.807, 2.05) is 41.8 Å². The first-order valence-corrected chi connectivity index (χ1v) is 9.74. The molecule has 1 aromatic carbocycles. The number of anilines is 1. The average molecular weight is 380 g/mol. The van der Waals surface area contributed by atoms with Crippen LogP contribution in [0.5, 0.6) is 0 Å². The molecule has 0 atom stereocenters. The molecule has 0 spiro atoms. The number of aromatic nitrogens is 2. The van der Waals surface area contributed by atoms with Gasteiger partial charge in [0.2, 0.25) is 0 Å². The molecule has 1 saturated heterocycles. The third kappa shape index (κ3) is 4.32. The zero-order valence-electron chi connectivity index (χ0n) is 14.8. The van der Waals surface area contributed by atoms with Crippen LogP contribution in [-0.2, 0) is 11.3 Å². The molecule has 4 rings (SSSR count). The van der Waals surface area contributed by atoms with Crippen molar-refractivity contribution in [1.29, 1.82) is 0 Å². The standard InChI is InChI=1S/C20H20N4O2S/c25-20(16-5-3-15(4-6-16)17-2-1-13-27-17)22-14-18-21-8-7-19(23-18)24-9-11-26-12-10-24/h1-8,13H,9-12,14H2,(H,22,25). The van der Waals surface area contributed by atoms with Gasteiger partial charge in [0.05, 0.1) is 19.8 Å². The zero-order chi connectivity index (χ0) is 18.5. The Morgan fingerprint density at radius 3 is 2.70 bits per heavy atom. The van der Waals surface area contributed by atoms with Crippen LogP contribution >= 0.6 is 11.3 Å². The summed E-state index contributed by atoms with van der Waals surface area (Å²) >= 11 is 1.68. The third-order valence-corrected chi connectivity index (χ3v) is 5.30. The molecular formula is C20H20N4O2S. The van der Waals surface area contributed by atoms with E-state index in [0.717, 1.165) is 24.5 Å². The summed E-state index contributed by atoms with van der Waals surface area (Å²) in [5, 5.41) is 4.94. The number of rotatable bonds is 5. The number of nitrogens with zero attached hydrogens (tertiary/aromatic N) is 3. The minimum absolute atomic E-state index is 0.131. The van der Waals surface area contributed by atoms with Gasteiger partial charge in [0, 0.05) is 29.7 Å². The molecule has 0 unspecified atom stereocenters. The SMILES string of the molecule is O=C(NCc1nccc(N2CCOCC2)n1)c1ccc(-c2cccs2)cc1. The van der Waals surface area contributed by atoms with Gasteiger partial charge in [0.25, 0.3) is 5.91 Å². The highest BCUT2D eigenvalue weighted by Gasteiger charge is 2.13. The number of carbonyl (C=O) groups excluding carboxylic acids is 1. The Hall–Kier alpha value is -2.77. The Bertz CT molecular complexity index is 891. The minimum Gasteiger partial charge on any atom is -0.378 e. The van der Waals surface area contributed by atoms with Crippen LogP contribution in [0.4, 0.5) is 5.82 Å². The van der Waals surface area contributed by atoms with Crippen LogP contribution in [0.25, 0.3) is 10.4 Å². The maximum absolute atomic E-state index is 12.4. The van der Waals surface area contributed by atoms with Gasteiger partial charge < -0.3 is 15.0 Å². The van der Waals surface area contributed by atoms with E-state index in [9.17, 15) is 4.79 Å². The zero-order valence-corrected chi connectivity index (χ0v) is 15.6. The largest absolute Gasteiger partial charge is 0.378 e. The lowest BCUT2D eigenvalue weighted by molar-refractivity contribution is 0.0950. The Labute approximate surface area is 161 Å². The van der Waals surface area contributed by atoms with Gasteiger partial charge in [0.15, 0.2) is 0 Å². The van der Waals surface area contributed by atoms with Crippen molar-refractivity contribution < 1.29 is 9.53 Å². The summed E-state index contributed by atoms with van der Waals surface area (Å²) in [5.41, 5.74) is 1.74.